The summed E-state index contributed by atoms with van der Waals surface area (Å²) in [6, 6.07) is 7.52. The molecule has 0 fully saturated rings. The fourth-order valence-electron chi connectivity index (χ4n) is 3.62. The SMILES string of the molecule is CCCCCCCCCCCCCCCCCCNC(=O)Nc1cccc(Br)c1. The highest BCUT2D eigenvalue weighted by Gasteiger charge is 2.01. The Morgan fingerprint density at radius 1 is 0.759 bits per heavy atom. The second kappa shape index (κ2) is 19.0. The van der Waals surface area contributed by atoms with Gasteiger partial charge in [-0.25, -0.2) is 4.79 Å². The van der Waals surface area contributed by atoms with Gasteiger partial charge in [0.25, 0.3) is 0 Å². The summed E-state index contributed by atoms with van der Waals surface area (Å²) in [5.41, 5.74) is 0.809. The standard InChI is InChI=1S/C25H43BrN2O/c1-2-3-4-5-6-7-8-9-10-11-12-13-14-15-16-17-21-27-25(29)28-24-20-18-19-23(26)22-24/h18-20,22H,2-17,21H2,1H3,(H2,27,28,29). The first-order chi connectivity index (χ1) is 14.2. The van der Waals surface area contributed by atoms with Gasteiger partial charge in [-0.1, -0.05) is 125 Å². The van der Waals surface area contributed by atoms with Crippen LogP contribution in [0.15, 0.2) is 28.7 Å². The third-order valence-corrected chi connectivity index (χ3v) is 5.89. The van der Waals surface area contributed by atoms with Crippen LogP contribution >= 0.6 is 15.9 Å². The van der Waals surface area contributed by atoms with Gasteiger partial charge in [0.15, 0.2) is 0 Å². The molecule has 0 radical (unpaired) electrons. The number of benzene rings is 1. The van der Waals surface area contributed by atoms with Crippen molar-refractivity contribution in [3.8, 4) is 0 Å². The molecular formula is C25H43BrN2O. The van der Waals surface area contributed by atoms with Crippen molar-refractivity contribution in [3.05, 3.63) is 28.7 Å². The number of amides is 2. The number of halogens is 1. The number of nitrogens with one attached hydrogen (secondary N) is 2. The molecule has 1 rings (SSSR count). The van der Waals surface area contributed by atoms with Crippen molar-refractivity contribution < 1.29 is 4.79 Å². The molecule has 166 valence electrons. The molecule has 29 heavy (non-hydrogen) atoms. The summed E-state index contributed by atoms with van der Waals surface area (Å²) in [5, 5.41) is 5.79. The zero-order valence-electron chi connectivity index (χ0n) is 18.6. The van der Waals surface area contributed by atoms with Gasteiger partial charge in [0.1, 0.15) is 0 Å². The Labute approximate surface area is 187 Å². The molecule has 4 heteroatoms. The Kier molecular flexibility index (Phi) is 17.0. The number of unbranched alkanes of at least 4 members (excludes halogenated alkanes) is 15. The normalized spacial score (nSPS) is 10.8. The molecule has 0 aliphatic carbocycles. The minimum Gasteiger partial charge on any atom is -0.338 e. The lowest BCUT2D eigenvalue weighted by Gasteiger charge is -2.08. The Morgan fingerprint density at radius 3 is 1.72 bits per heavy atom. The highest BCUT2D eigenvalue weighted by molar-refractivity contribution is 9.10. The van der Waals surface area contributed by atoms with Gasteiger partial charge in [0.2, 0.25) is 0 Å². The van der Waals surface area contributed by atoms with Crippen LogP contribution in [0.2, 0.25) is 0 Å². The van der Waals surface area contributed by atoms with Gasteiger partial charge in [-0.05, 0) is 24.6 Å². The first-order valence-electron chi connectivity index (χ1n) is 12.0. The van der Waals surface area contributed by atoms with Gasteiger partial charge in [-0.3, -0.25) is 0 Å². The lowest BCUT2D eigenvalue weighted by atomic mass is 10.0. The van der Waals surface area contributed by atoms with E-state index < -0.39 is 0 Å². The van der Waals surface area contributed by atoms with E-state index >= 15 is 0 Å². The van der Waals surface area contributed by atoms with Crippen molar-refractivity contribution in [2.45, 2.75) is 110 Å². The maximum absolute atomic E-state index is 11.8. The lowest BCUT2D eigenvalue weighted by Crippen LogP contribution is -2.29. The molecule has 0 atom stereocenters. The molecule has 0 saturated carbocycles. The van der Waals surface area contributed by atoms with Crippen molar-refractivity contribution in [3.63, 3.8) is 0 Å². The maximum Gasteiger partial charge on any atom is 0.319 e. The second-order valence-corrected chi connectivity index (χ2v) is 9.11. The van der Waals surface area contributed by atoms with E-state index in [1.165, 1.54) is 96.3 Å². The summed E-state index contributed by atoms with van der Waals surface area (Å²) < 4.78 is 0.966. The molecule has 0 unspecified atom stereocenters. The van der Waals surface area contributed by atoms with E-state index in [9.17, 15) is 4.79 Å². The smallest absolute Gasteiger partial charge is 0.319 e. The van der Waals surface area contributed by atoms with E-state index in [2.05, 4.69) is 33.5 Å². The van der Waals surface area contributed by atoms with E-state index in [1.54, 1.807) is 0 Å². The number of carbonyl (C=O) groups excluding carboxylic acids is 1. The number of hydrogen-bond donors (Lipinski definition) is 2. The second-order valence-electron chi connectivity index (χ2n) is 8.19. The topological polar surface area (TPSA) is 41.1 Å². The summed E-state index contributed by atoms with van der Waals surface area (Å²) in [5.74, 6) is 0. The molecule has 0 spiro atoms. The van der Waals surface area contributed by atoms with E-state index in [-0.39, 0.29) is 6.03 Å². The maximum atomic E-state index is 11.8. The third kappa shape index (κ3) is 16.5. The van der Waals surface area contributed by atoms with Crippen LogP contribution in [-0.4, -0.2) is 12.6 Å². The first-order valence-corrected chi connectivity index (χ1v) is 12.8. The van der Waals surface area contributed by atoms with Crippen LogP contribution in [-0.2, 0) is 0 Å². The summed E-state index contributed by atoms with van der Waals surface area (Å²) in [6.45, 7) is 3.03. The van der Waals surface area contributed by atoms with Gasteiger partial charge in [-0.2, -0.15) is 0 Å². The van der Waals surface area contributed by atoms with E-state index in [0.29, 0.717) is 0 Å². The van der Waals surface area contributed by atoms with E-state index in [0.717, 1.165) is 23.1 Å². The van der Waals surface area contributed by atoms with Crippen LogP contribution in [0.3, 0.4) is 0 Å². The first kappa shape index (κ1) is 26.0. The average molecular weight is 468 g/mol. The van der Waals surface area contributed by atoms with Crippen molar-refractivity contribution >= 4 is 27.6 Å². The summed E-state index contributed by atoms with van der Waals surface area (Å²) in [6.07, 6.45) is 21.9. The van der Waals surface area contributed by atoms with Crippen LogP contribution in [0, 0.1) is 0 Å². The lowest BCUT2D eigenvalue weighted by molar-refractivity contribution is 0.252. The Balaban J connectivity index is 1.78. The van der Waals surface area contributed by atoms with Crippen molar-refractivity contribution in [1.29, 1.82) is 0 Å². The zero-order valence-corrected chi connectivity index (χ0v) is 20.2. The van der Waals surface area contributed by atoms with Crippen LogP contribution in [0.1, 0.15) is 110 Å². The number of carbonyl (C=O) groups is 1. The fourth-order valence-corrected chi connectivity index (χ4v) is 4.02. The number of rotatable bonds is 18. The molecule has 2 N–H and O–H groups in total. The molecule has 0 saturated heterocycles. The fraction of sp³-hybridized carbons (Fsp3) is 0.720. The van der Waals surface area contributed by atoms with E-state index in [1.807, 2.05) is 24.3 Å². The number of anilines is 1. The Morgan fingerprint density at radius 2 is 1.24 bits per heavy atom. The molecular weight excluding hydrogens is 424 g/mol. The molecule has 3 nitrogen and oxygen atoms in total. The predicted molar refractivity (Wildman–Crippen MR) is 131 cm³/mol. The number of urea groups is 1. The molecule has 1 aromatic carbocycles. The monoisotopic (exact) mass is 466 g/mol. The third-order valence-electron chi connectivity index (χ3n) is 5.40. The van der Waals surface area contributed by atoms with Gasteiger partial charge in [0.05, 0.1) is 0 Å². The molecule has 2 amide bonds. The van der Waals surface area contributed by atoms with Gasteiger partial charge in [0, 0.05) is 16.7 Å². The summed E-state index contributed by atoms with van der Waals surface area (Å²) in [4.78, 5) is 11.8. The highest BCUT2D eigenvalue weighted by atomic mass is 79.9. The highest BCUT2D eigenvalue weighted by Crippen LogP contribution is 2.16. The van der Waals surface area contributed by atoms with Crippen LogP contribution in [0.25, 0.3) is 0 Å². The molecule has 0 heterocycles. The van der Waals surface area contributed by atoms with Crippen LogP contribution < -0.4 is 10.6 Å². The van der Waals surface area contributed by atoms with Gasteiger partial charge in [-0.15, -0.1) is 0 Å². The van der Waals surface area contributed by atoms with E-state index in [4.69, 9.17) is 0 Å². The van der Waals surface area contributed by atoms with Gasteiger partial charge >= 0.3 is 6.03 Å². The predicted octanol–water partition coefficient (Wildman–Crippen LogP) is 8.83. The summed E-state index contributed by atoms with van der Waals surface area (Å²) in [7, 11) is 0. The quantitative estimate of drug-likeness (QED) is 0.208. The average Bonchev–Trinajstić information content (AvgIpc) is 2.70. The van der Waals surface area contributed by atoms with Gasteiger partial charge < -0.3 is 10.6 Å². The minimum atomic E-state index is -0.121. The Bertz CT molecular complexity index is 521. The Hall–Kier alpha value is -1.03. The zero-order chi connectivity index (χ0) is 21.0. The minimum absolute atomic E-state index is 0.121. The molecule has 0 aliphatic heterocycles. The molecule has 1 aromatic rings. The van der Waals surface area contributed by atoms with Crippen molar-refractivity contribution in [1.82, 2.24) is 5.32 Å². The molecule has 0 bridgehead atoms. The molecule has 0 aromatic heterocycles. The van der Waals surface area contributed by atoms with Crippen molar-refractivity contribution in [2.75, 3.05) is 11.9 Å². The van der Waals surface area contributed by atoms with Crippen LogP contribution in [0.4, 0.5) is 10.5 Å². The summed E-state index contributed by atoms with van der Waals surface area (Å²) >= 11 is 3.41. The number of hydrogen-bond acceptors (Lipinski definition) is 1. The molecule has 0 aliphatic rings. The van der Waals surface area contributed by atoms with Crippen molar-refractivity contribution in [2.24, 2.45) is 0 Å². The largest absolute Gasteiger partial charge is 0.338 e. The van der Waals surface area contributed by atoms with Crippen LogP contribution in [0.5, 0.6) is 0 Å².